The van der Waals surface area contributed by atoms with Crippen LogP contribution in [0.25, 0.3) is 0 Å². The molecular weight excluding hydrogens is 378 g/mol. The van der Waals surface area contributed by atoms with Crippen molar-refractivity contribution < 1.29 is 19.5 Å². The van der Waals surface area contributed by atoms with Gasteiger partial charge in [0.2, 0.25) is 0 Å². The minimum Gasteiger partial charge on any atom is -0.481 e. The van der Waals surface area contributed by atoms with Crippen LogP contribution < -0.4 is 0 Å². The number of carbonyl (C=O) groups is 2. The Bertz CT molecular complexity index is 585. The number of rotatable bonds is 18. The molecule has 0 radical (unpaired) electrons. The summed E-state index contributed by atoms with van der Waals surface area (Å²) in [6.45, 7) is 2.53. The number of amides is 1. The molecule has 0 unspecified atom stereocenters. The number of benzene rings is 1. The molecule has 0 bridgehead atoms. The number of carboxylic acid groups (broad SMARTS) is 1. The summed E-state index contributed by atoms with van der Waals surface area (Å²) in [6, 6.07) is 7.68. The topological polar surface area (TPSA) is 66.8 Å². The number of carboxylic acids is 1. The SMILES string of the molecule is CCCCCCCCCCCCCc1ccc(C(=O)N(CCCC(=O)O)OC)cc1. The fourth-order valence-electron chi connectivity index (χ4n) is 3.60. The number of hydrogen-bond donors (Lipinski definition) is 1. The Hall–Kier alpha value is -1.88. The third-order valence-corrected chi connectivity index (χ3v) is 5.47. The van der Waals surface area contributed by atoms with Crippen molar-refractivity contribution in [1.29, 1.82) is 0 Å². The van der Waals surface area contributed by atoms with Gasteiger partial charge in [0.05, 0.1) is 7.11 Å². The number of aliphatic carboxylic acids is 1. The Kier molecular flexibility index (Phi) is 14.7. The molecule has 0 heterocycles. The van der Waals surface area contributed by atoms with Crippen LogP contribution in [0, 0.1) is 0 Å². The van der Waals surface area contributed by atoms with Crippen molar-refractivity contribution in [3.63, 3.8) is 0 Å². The zero-order valence-corrected chi connectivity index (χ0v) is 19.0. The molecule has 1 N–H and O–H groups in total. The summed E-state index contributed by atoms with van der Waals surface area (Å²) in [5, 5.41) is 9.94. The number of carbonyl (C=O) groups excluding carboxylic acids is 1. The average molecular weight is 420 g/mol. The largest absolute Gasteiger partial charge is 0.481 e. The number of hydrogen-bond acceptors (Lipinski definition) is 3. The normalized spacial score (nSPS) is 10.9. The molecule has 0 spiro atoms. The molecule has 0 atom stereocenters. The first-order valence-corrected chi connectivity index (χ1v) is 11.7. The maximum atomic E-state index is 12.5. The quantitative estimate of drug-likeness (QED) is 0.220. The standard InChI is InChI=1S/C25H41NO4/c1-3-4-5-6-7-8-9-10-11-12-13-15-22-17-19-23(20-18-22)25(29)26(30-2)21-14-16-24(27)28/h17-20H,3-16,21H2,1-2H3,(H,27,28). The van der Waals surface area contributed by atoms with E-state index in [1.54, 1.807) is 0 Å². The van der Waals surface area contributed by atoms with Crippen molar-refractivity contribution in [2.24, 2.45) is 0 Å². The van der Waals surface area contributed by atoms with Gasteiger partial charge in [0.1, 0.15) is 0 Å². The van der Waals surface area contributed by atoms with Gasteiger partial charge in [0.15, 0.2) is 0 Å². The number of unbranched alkanes of at least 4 members (excludes halogenated alkanes) is 10. The van der Waals surface area contributed by atoms with Crippen LogP contribution in [-0.2, 0) is 16.1 Å². The highest BCUT2D eigenvalue weighted by atomic mass is 16.7. The van der Waals surface area contributed by atoms with E-state index in [1.165, 1.54) is 88.4 Å². The Labute approximate surface area is 182 Å². The minimum absolute atomic E-state index is 0.0189. The third-order valence-electron chi connectivity index (χ3n) is 5.47. The molecule has 0 fully saturated rings. The van der Waals surface area contributed by atoms with Gasteiger partial charge in [-0.15, -0.1) is 0 Å². The van der Waals surface area contributed by atoms with Crippen LogP contribution in [-0.4, -0.2) is 35.7 Å². The van der Waals surface area contributed by atoms with Gasteiger partial charge >= 0.3 is 5.97 Å². The van der Waals surface area contributed by atoms with Gasteiger partial charge in [-0.05, 0) is 37.0 Å². The van der Waals surface area contributed by atoms with E-state index in [2.05, 4.69) is 6.92 Å². The molecule has 5 nitrogen and oxygen atoms in total. The summed E-state index contributed by atoms with van der Waals surface area (Å²) >= 11 is 0. The van der Waals surface area contributed by atoms with E-state index in [4.69, 9.17) is 9.94 Å². The molecule has 0 aliphatic rings. The Morgan fingerprint density at radius 2 is 1.37 bits per heavy atom. The van der Waals surface area contributed by atoms with E-state index >= 15 is 0 Å². The van der Waals surface area contributed by atoms with Gasteiger partial charge in [-0.3, -0.25) is 14.4 Å². The predicted molar refractivity (Wildman–Crippen MR) is 122 cm³/mol. The lowest BCUT2D eigenvalue weighted by Crippen LogP contribution is -2.31. The van der Waals surface area contributed by atoms with Crippen molar-refractivity contribution in [3.8, 4) is 0 Å². The minimum atomic E-state index is -0.870. The first-order valence-electron chi connectivity index (χ1n) is 11.7. The summed E-state index contributed by atoms with van der Waals surface area (Å²) < 4.78 is 0. The molecule has 0 aliphatic carbocycles. The van der Waals surface area contributed by atoms with E-state index in [-0.39, 0.29) is 18.9 Å². The van der Waals surface area contributed by atoms with Crippen molar-refractivity contribution in [2.45, 2.75) is 96.8 Å². The van der Waals surface area contributed by atoms with Crippen LogP contribution in [0.1, 0.15) is 106 Å². The third kappa shape index (κ3) is 12.0. The van der Waals surface area contributed by atoms with Crippen molar-refractivity contribution in [3.05, 3.63) is 35.4 Å². The molecule has 1 aromatic carbocycles. The lowest BCUT2D eigenvalue weighted by molar-refractivity contribution is -0.138. The highest BCUT2D eigenvalue weighted by Gasteiger charge is 2.15. The first kappa shape index (κ1) is 26.2. The summed E-state index contributed by atoms with van der Waals surface area (Å²) in [7, 11) is 1.43. The predicted octanol–water partition coefficient (Wildman–Crippen LogP) is 6.41. The summed E-state index contributed by atoms with van der Waals surface area (Å²) in [5.74, 6) is -1.10. The van der Waals surface area contributed by atoms with Crippen molar-refractivity contribution >= 4 is 11.9 Å². The zero-order valence-electron chi connectivity index (χ0n) is 19.0. The van der Waals surface area contributed by atoms with Crippen molar-refractivity contribution in [1.82, 2.24) is 5.06 Å². The molecule has 0 aromatic heterocycles. The molecule has 5 heteroatoms. The van der Waals surface area contributed by atoms with Gasteiger partial charge in [0, 0.05) is 18.5 Å². The van der Waals surface area contributed by atoms with Crippen LogP contribution in [0.3, 0.4) is 0 Å². The summed E-state index contributed by atoms with van der Waals surface area (Å²) in [4.78, 5) is 28.2. The summed E-state index contributed by atoms with van der Waals surface area (Å²) in [6.07, 6.45) is 16.2. The average Bonchev–Trinajstić information content (AvgIpc) is 2.75. The number of aryl methyl sites for hydroxylation is 1. The summed E-state index contributed by atoms with van der Waals surface area (Å²) in [5.41, 5.74) is 1.81. The van der Waals surface area contributed by atoms with E-state index in [0.29, 0.717) is 12.0 Å². The zero-order chi connectivity index (χ0) is 22.0. The highest BCUT2D eigenvalue weighted by molar-refractivity contribution is 5.93. The molecule has 0 saturated carbocycles. The molecule has 170 valence electrons. The Balaban J connectivity index is 2.19. The molecule has 1 amide bonds. The fourth-order valence-corrected chi connectivity index (χ4v) is 3.60. The monoisotopic (exact) mass is 419 g/mol. The number of nitrogens with zero attached hydrogens (tertiary/aromatic N) is 1. The van der Waals surface area contributed by atoms with Crippen LogP contribution in [0.2, 0.25) is 0 Å². The Morgan fingerprint density at radius 3 is 1.87 bits per heavy atom. The second-order valence-electron chi connectivity index (χ2n) is 8.07. The molecular formula is C25H41NO4. The van der Waals surface area contributed by atoms with Gasteiger partial charge in [-0.2, -0.15) is 0 Å². The Morgan fingerprint density at radius 1 is 0.833 bits per heavy atom. The molecule has 0 saturated heterocycles. The molecule has 1 rings (SSSR count). The van der Waals surface area contributed by atoms with Crippen LogP contribution in [0.5, 0.6) is 0 Å². The van der Waals surface area contributed by atoms with E-state index < -0.39 is 5.97 Å². The number of hydroxylamine groups is 2. The fraction of sp³-hybridized carbons (Fsp3) is 0.680. The van der Waals surface area contributed by atoms with Crippen LogP contribution in [0.15, 0.2) is 24.3 Å². The maximum absolute atomic E-state index is 12.5. The van der Waals surface area contributed by atoms with E-state index in [1.807, 2.05) is 24.3 Å². The van der Waals surface area contributed by atoms with E-state index in [9.17, 15) is 9.59 Å². The van der Waals surface area contributed by atoms with Gasteiger partial charge in [-0.25, -0.2) is 5.06 Å². The van der Waals surface area contributed by atoms with Crippen LogP contribution >= 0.6 is 0 Å². The second-order valence-corrected chi connectivity index (χ2v) is 8.07. The van der Waals surface area contributed by atoms with Gasteiger partial charge < -0.3 is 5.11 Å². The van der Waals surface area contributed by atoms with Gasteiger partial charge in [0.25, 0.3) is 5.91 Å². The highest BCUT2D eigenvalue weighted by Crippen LogP contribution is 2.14. The van der Waals surface area contributed by atoms with Gasteiger partial charge in [-0.1, -0.05) is 83.3 Å². The lowest BCUT2D eigenvalue weighted by atomic mass is 10.0. The van der Waals surface area contributed by atoms with E-state index in [0.717, 1.165) is 6.42 Å². The molecule has 1 aromatic rings. The lowest BCUT2D eigenvalue weighted by Gasteiger charge is -2.19. The smallest absolute Gasteiger partial charge is 0.303 e. The molecule has 0 aliphatic heterocycles. The molecule has 30 heavy (non-hydrogen) atoms. The second kappa shape index (κ2) is 16.9. The maximum Gasteiger partial charge on any atom is 0.303 e. The van der Waals surface area contributed by atoms with Crippen LogP contribution in [0.4, 0.5) is 0 Å². The van der Waals surface area contributed by atoms with Crippen molar-refractivity contribution in [2.75, 3.05) is 13.7 Å². The first-order chi connectivity index (χ1) is 14.6.